The molecule has 0 bridgehead atoms. The van der Waals surface area contributed by atoms with E-state index in [2.05, 4.69) is 0 Å². The van der Waals surface area contributed by atoms with Crippen molar-refractivity contribution in [2.75, 3.05) is 6.54 Å². The number of carbonyl (C=O) groups is 6. The van der Waals surface area contributed by atoms with E-state index in [4.69, 9.17) is 38.3 Å². The van der Waals surface area contributed by atoms with Crippen molar-refractivity contribution in [1.29, 1.82) is 0 Å². The molecule has 0 spiro atoms. The van der Waals surface area contributed by atoms with Crippen LogP contribution in [0.4, 0.5) is 0 Å². The molecular formula is C16H29N5O9. The van der Waals surface area contributed by atoms with Crippen LogP contribution in [0, 0.1) is 0 Å². The first-order valence-corrected chi connectivity index (χ1v) is 8.42. The van der Waals surface area contributed by atoms with Gasteiger partial charge in [-0.25, -0.2) is 0 Å². The second-order valence-corrected chi connectivity index (χ2v) is 5.49. The minimum absolute atomic E-state index is 0.0301. The first-order valence-electron chi connectivity index (χ1n) is 8.42. The third kappa shape index (κ3) is 21.1. The predicted molar refractivity (Wildman–Crippen MR) is 104 cm³/mol. The quantitative estimate of drug-likeness (QED) is 0.113. The highest BCUT2D eigenvalue weighted by Gasteiger charge is 2.24. The van der Waals surface area contributed by atoms with Crippen molar-refractivity contribution in [3.63, 3.8) is 0 Å². The van der Waals surface area contributed by atoms with Crippen molar-refractivity contribution in [1.82, 2.24) is 5.32 Å². The molecule has 0 saturated heterocycles. The van der Waals surface area contributed by atoms with E-state index in [-0.39, 0.29) is 36.9 Å². The summed E-state index contributed by atoms with van der Waals surface area (Å²) in [6.45, 7) is 3.59. The van der Waals surface area contributed by atoms with Crippen molar-refractivity contribution in [3.05, 3.63) is 11.6 Å². The molecule has 1 aliphatic rings. The maximum absolute atomic E-state index is 10.9. The number of ketones is 1. The molecule has 14 nitrogen and oxygen atoms in total. The van der Waals surface area contributed by atoms with Gasteiger partial charge in [-0.05, 0) is 6.92 Å². The van der Waals surface area contributed by atoms with Crippen molar-refractivity contribution < 1.29 is 44.1 Å². The number of carbonyl (C=O) groups excluding carboxylic acids is 3. The number of hydrogen-bond donors (Lipinski definition) is 8. The fraction of sp³-hybridized carbons (Fsp3) is 0.500. The van der Waals surface area contributed by atoms with Gasteiger partial charge in [0.05, 0.1) is 18.4 Å². The number of imide groups is 1. The zero-order valence-electron chi connectivity index (χ0n) is 16.7. The van der Waals surface area contributed by atoms with Crippen molar-refractivity contribution in [3.8, 4) is 0 Å². The molecule has 30 heavy (non-hydrogen) atoms. The summed E-state index contributed by atoms with van der Waals surface area (Å²) >= 11 is 0. The molecule has 0 radical (unpaired) electrons. The number of aliphatic carboxylic acids is 3. The lowest BCUT2D eigenvalue weighted by molar-refractivity contribution is -0.144. The Balaban J connectivity index is -0.000000347. The SMILES string of the molecule is CC(N)N.CCC(=O)C1=CC(=O)NC1=O.NCCC(=O)O.N[C@H](CC(=O)O)C(=O)O. The molecule has 0 fully saturated rings. The number of carboxylic acid groups (broad SMARTS) is 3. The van der Waals surface area contributed by atoms with Crippen LogP contribution in [0.3, 0.4) is 0 Å². The largest absolute Gasteiger partial charge is 0.481 e. The van der Waals surface area contributed by atoms with Crippen LogP contribution >= 0.6 is 0 Å². The molecule has 12 N–H and O–H groups in total. The normalized spacial score (nSPS) is 12.6. The van der Waals surface area contributed by atoms with Crippen molar-refractivity contribution >= 4 is 35.5 Å². The average Bonchev–Trinajstić information content (AvgIpc) is 2.92. The standard InChI is InChI=1S/C7H7NO3.C4H7NO4.C3H7NO2.C2H8N2/c1-2-5(9)4-3-6(10)8-7(4)11;5-2(4(8)9)1-3(6)7;4-2-1-3(5)6;1-2(3)4/h3H,2H2,1H3,(H,8,10,11);2H,1,5H2,(H,6,7)(H,8,9);1-2,4H2,(H,5,6);2H,3-4H2,1H3/t;2-;;/m.1../s1. The smallest absolute Gasteiger partial charge is 0.321 e. The summed E-state index contributed by atoms with van der Waals surface area (Å²) in [5.41, 5.74) is 19.4. The van der Waals surface area contributed by atoms with Gasteiger partial charge in [-0.15, -0.1) is 0 Å². The van der Waals surface area contributed by atoms with Gasteiger partial charge in [0.25, 0.3) is 11.8 Å². The Bertz CT molecular complexity index is 644. The molecule has 0 saturated carbocycles. The summed E-state index contributed by atoms with van der Waals surface area (Å²) in [7, 11) is 0. The first kappa shape index (κ1) is 31.5. The summed E-state index contributed by atoms with van der Waals surface area (Å²) < 4.78 is 0. The Hall–Kier alpha value is -3.20. The lowest BCUT2D eigenvalue weighted by Crippen LogP contribution is -2.32. The fourth-order valence-electron chi connectivity index (χ4n) is 1.21. The summed E-state index contributed by atoms with van der Waals surface area (Å²) in [6, 6.07) is -1.29. The molecular weight excluding hydrogens is 406 g/mol. The van der Waals surface area contributed by atoms with Crippen LogP contribution in [0.1, 0.15) is 33.1 Å². The Morgan fingerprint density at radius 2 is 1.50 bits per heavy atom. The van der Waals surface area contributed by atoms with Gasteiger partial charge in [-0.3, -0.25) is 34.1 Å². The molecule has 1 heterocycles. The second-order valence-electron chi connectivity index (χ2n) is 5.49. The van der Waals surface area contributed by atoms with Crippen molar-refractivity contribution in [2.45, 2.75) is 45.3 Å². The van der Waals surface area contributed by atoms with E-state index in [9.17, 15) is 28.8 Å². The third-order valence-corrected chi connectivity index (χ3v) is 2.45. The van der Waals surface area contributed by atoms with Gasteiger partial charge < -0.3 is 38.3 Å². The minimum atomic E-state index is -1.29. The van der Waals surface area contributed by atoms with E-state index in [1.165, 1.54) is 0 Å². The highest BCUT2D eigenvalue weighted by molar-refractivity contribution is 6.30. The summed E-state index contributed by atoms with van der Waals surface area (Å²) in [4.78, 5) is 61.3. The van der Waals surface area contributed by atoms with Crippen molar-refractivity contribution in [2.24, 2.45) is 22.9 Å². The first-order chi connectivity index (χ1) is 13.7. The molecule has 2 amide bonds. The Morgan fingerprint density at radius 1 is 1.03 bits per heavy atom. The van der Waals surface area contributed by atoms with Crippen LogP contribution in [0.25, 0.3) is 0 Å². The monoisotopic (exact) mass is 435 g/mol. The van der Waals surface area contributed by atoms with Crippen LogP contribution in [0.5, 0.6) is 0 Å². The van der Waals surface area contributed by atoms with Gasteiger partial charge in [-0.2, -0.15) is 0 Å². The highest BCUT2D eigenvalue weighted by Crippen LogP contribution is 2.05. The maximum Gasteiger partial charge on any atom is 0.321 e. The van der Waals surface area contributed by atoms with Gasteiger partial charge in [0, 0.05) is 25.2 Å². The van der Waals surface area contributed by atoms with E-state index < -0.39 is 42.2 Å². The summed E-state index contributed by atoms with van der Waals surface area (Å²) in [5, 5.41) is 25.9. The lowest BCUT2D eigenvalue weighted by Gasteiger charge is -1.99. The Morgan fingerprint density at radius 3 is 1.67 bits per heavy atom. The van der Waals surface area contributed by atoms with E-state index in [0.29, 0.717) is 0 Å². The summed E-state index contributed by atoms with van der Waals surface area (Å²) in [6.07, 6.45) is 0.649. The molecule has 0 aromatic rings. The zero-order valence-corrected chi connectivity index (χ0v) is 16.7. The molecule has 0 unspecified atom stereocenters. The van der Waals surface area contributed by atoms with Crippen LogP contribution in [0.2, 0.25) is 0 Å². The molecule has 172 valence electrons. The van der Waals surface area contributed by atoms with E-state index in [1.807, 2.05) is 5.32 Å². The molecule has 0 aliphatic carbocycles. The average molecular weight is 435 g/mol. The number of amides is 2. The number of carboxylic acids is 3. The highest BCUT2D eigenvalue weighted by atomic mass is 16.4. The van der Waals surface area contributed by atoms with Crippen LogP contribution in [-0.4, -0.2) is 69.6 Å². The number of Topliss-reactive ketones (excluding diaryl/α,β-unsaturated/α-hetero) is 1. The minimum Gasteiger partial charge on any atom is -0.481 e. The topological polar surface area (TPSA) is 279 Å². The van der Waals surface area contributed by atoms with Crippen LogP contribution in [-0.2, 0) is 28.8 Å². The molecule has 0 aromatic carbocycles. The van der Waals surface area contributed by atoms with Gasteiger partial charge >= 0.3 is 17.9 Å². The molecule has 1 rings (SSSR count). The van der Waals surface area contributed by atoms with E-state index >= 15 is 0 Å². The fourth-order valence-corrected chi connectivity index (χ4v) is 1.21. The van der Waals surface area contributed by atoms with Gasteiger partial charge in [0.1, 0.15) is 6.04 Å². The predicted octanol–water partition coefficient (Wildman–Crippen LogP) is -2.91. The molecule has 0 aromatic heterocycles. The number of nitrogens with two attached hydrogens (primary N) is 4. The Kier molecular flexibility index (Phi) is 18.8. The van der Waals surface area contributed by atoms with E-state index in [1.54, 1.807) is 13.8 Å². The third-order valence-electron chi connectivity index (χ3n) is 2.45. The lowest BCUT2D eigenvalue weighted by atomic mass is 10.1. The summed E-state index contributed by atoms with van der Waals surface area (Å²) in [5.74, 6) is -4.72. The zero-order chi connectivity index (χ0) is 24.4. The van der Waals surface area contributed by atoms with Gasteiger partial charge in [0.15, 0.2) is 5.78 Å². The molecule has 1 atom stereocenters. The van der Waals surface area contributed by atoms with Gasteiger partial charge in [-0.1, -0.05) is 6.92 Å². The maximum atomic E-state index is 10.9. The Labute approximate surface area is 172 Å². The van der Waals surface area contributed by atoms with E-state index in [0.717, 1.165) is 6.08 Å². The number of hydrogen-bond acceptors (Lipinski definition) is 10. The molecule has 14 heteroatoms. The van der Waals surface area contributed by atoms with Crippen LogP contribution in [0.15, 0.2) is 11.6 Å². The second kappa shape index (κ2) is 17.9. The van der Waals surface area contributed by atoms with Crippen LogP contribution < -0.4 is 28.3 Å². The number of rotatable bonds is 7. The van der Waals surface area contributed by atoms with Gasteiger partial charge in [0.2, 0.25) is 0 Å². The molecule has 1 aliphatic heterocycles. The number of nitrogens with one attached hydrogen (secondary N) is 1.